The Hall–Kier alpha value is -1.61. The van der Waals surface area contributed by atoms with Crippen LogP contribution in [0.5, 0.6) is 5.75 Å². The zero-order valence-electron chi connectivity index (χ0n) is 12.6. The van der Waals surface area contributed by atoms with Gasteiger partial charge in [0.05, 0.1) is 12.6 Å². The van der Waals surface area contributed by atoms with Crippen LogP contribution in [0.1, 0.15) is 24.8 Å². The maximum atomic E-state index is 5.38. The zero-order valence-corrected chi connectivity index (χ0v) is 12.6. The molecule has 3 nitrogen and oxygen atoms in total. The highest BCUT2D eigenvalue weighted by atomic mass is 16.5. The first kappa shape index (κ1) is 13.1. The lowest BCUT2D eigenvalue weighted by Crippen LogP contribution is -2.49. The molecule has 5 rings (SSSR count). The van der Waals surface area contributed by atoms with Crippen molar-refractivity contribution in [3.63, 3.8) is 0 Å². The van der Waals surface area contributed by atoms with Gasteiger partial charge >= 0.3 is 0 Å². The number of benzene rings is 1. The van der Waals surface area contributed by atoms with Crippen LogP contribution in [0.2, 0.25) is 0 Å². The molecule has 21 heavy (non-hydrogen) atoms. The molecule has 0 aliphatic carbocycles. The van der Waals surface area contributed by atoms with Crippen molar-refractivity contribution < 1.29 is 4.74 Å². The van der Waals surface area contributed by atoms with E-state index in [0.717, 1.165) is 23.6 Å². The van der Waals surface area contributed by atoms with E-state index in [4.69, 9.17) is 4.74 Å². The summed E-state index contributed by atoms with van der Waals surface area (Å²) in [6, 6.07) is 9.09. The maximum absolute atomic E-state index is 5.38. The van der Waals surface area contributed by atoms with Crippen LogP contribution >= 0.6 is 0 Å². The Balaban J connectivity index is 1.66. The van der Waals surface area contributed by atoms with Crippen LogP contribution in [0, 0.1) is 5.92 Å². The molecule has 0 unspecified atom stereocenters. The van der Waals surface area contributed by atoms with Gasteiger partial charge < -0.3 is 9.64 Å². The minimum absolute atomic E-state index is 0.717. The van der Waals surface area contributed by atoms with Crippen molar-refractivity contribution in [3.05, 3.63) is 36.0 Å². The molecule has 3 fully saturated rings. The standard InChI is InChI=1S/C18H22N2O/c1-21-16-2-3-18-17(12-16)14(4-7-19-18)11-15-10-13-5-8-20(15)9-6-13/h2-4,7,12-13,15H,5-6,8-11H2,1H3/t15-/m0/s1. The van der Waals surface area contributed by atoms with E-state index in [1.165, 1.54) is 43.3 Å². The molecule has 3 aliphatic rings. The van der Waals surface area contributed by atoms with E-state index in [1.54, 1.807) is 7.11 Å². The molecule has 1 aromatic carbocycles. The van der Waals surface area contributed by atoms with Gasteiger partial charge in [-0.3, -0.25) is 4.98 Å². The molecule has 3 aliphatic heterocycles. The normalized spacial score (nSPS) is 28.0. The summed E-state index contributed by atoms with van der Waals surface area (Å²) in [7, 11) is 1.73. The number of rotatable bonds is 3. The maximum Gasteiger partial charge on any atom is 0.119 e. The van der Waals surface area contributed by atoms with Crippen molar-refractivity contribution in [2.45, 2.75) is 31.7 Å². The second kappa shape index (κ2) is 5.30. The molecule has 1 aromatic heterocycles. The van der Waals surface area contributed by atoms with Gasteiger partial charge in [0.2, 0.25) is 0 Å². The molecular weight excluding hydrogens is 260 g/mol. The lowest BCUT2D eigenvalue weighted by molar-refractivity contribution is 0.0500. The molecule has 0 saturated carbocycles. The minimum atomic E-state index is 0.717. The highest BCUT2D eigenvalue weighted by Crippen LogP contribution is 2.34. The minimum Gasteiger partial charge on any atom is -0.497 e. The smallest absolute Gasteiger partial charge is 0.119 e. The monoisotopic (exact) mass is 282 g/mol. The molecule has 0 N–H and O–H groups in total. The largest absolute Gasteiger partial charge is 0.497 e. The Morgan fingerprint density at radius 2 is 2.10 bits per heavy atom. The number of nitrogens with zero attached hydrogens (tertiary/aromatic N) is 2. The second-order valence-corrected chi connectivity index (χ2v) is 6.43. The van der Waals surface area contributed by atoms with Gasteiger partial charge in [-0.1, -0.05) is 0 Å². The fourth-order valence-corrected chi connectivity index (χ4v) is 4.04. The summed E-state index contributed by atoms with van der Waals surface area (Å²) >= 11 is 0. The fourth-order valence-electron chi connectivity index (χ4n) is 4.04. The Morgan fingerprint density at radius 1 is 1.24 bits per heavy atom. The predicted octanol–water partition coefficient (Wildman–Crippen LogP) is 3.27. The first-order valence-corrected chi connectivity index (χ1v) is 7.99. The number of fused-ring (bicyclic) bond motifs is 4. The van der Waals surface area contributed by atoms with Crippen LogP contribution in [0.3, 0.4) is 0 Å². The predicted molar refractivity (Wildman–Crippen MR) is 84.7 cm³/mol. The summed E-state index contributed by atoms with van der Waals surface area (Å²) in [5.41, 5.74) is 2.49. The molecule has 4 heterocycles. The molecule has 0 spiro atoms. The van der Waals surface area contributed by atoms with Gasteiger partial charge in [-0.2, -0.15) is 0 Å². The van der Waals surface area contributed by atoms with Crippen LogP contribution in [0.15, 0.2) is 30.5 Å². The number of aromatic nitrogens is 1. The van der Waals surface area contributed by atoms with Gasteiger partial charge in [0.15, 0.2) is 0 Å². The second-order valence-electron chi connectivity index (χ2n) is 6.43. The number of ether oxygens (including phenoxy) is 1. The van der Waals surface area contributed by atoms with Crippen molar-refractivity contribution in [2.75, 3.05) is 20.2 Å². The van der Waals surface area contributed by atoms with Crippen molar-refractivity contribution in [3.8, 4) is 5.75 Å². The number of piperidine rings is 3. The topological polar surface area (TPSA) is 25.4 Å². The molecule has 110 valence electrons. The average Bonchev–Trinajstić information content (AvgIpc) is 2.56. The molecular formula is C18H22N2O. The highest BCUT2D eigenvalue weighted by Gasteiger charge is 2.33. The summed E-state index contributed by atoms with van der Waals surface area (Å²) < 4.78 is 5.38. The molecule has 2 bridgehead atoms. The highest BCUT2D eigenvalue weighted by molar-refractivity contribution is 5.83. The van der Waals surface area contributed by atoms with E-state index in [1.807, 2.05) is 12.3 Å². The van der Waals surface area contributed by atoms with Crippen LogP contribution in [-0.4, -0.2) is 36.1 Å². The summed E-state index contributed by atoms with van der Waals surface area (Å²) in [6.45, 7) is 2.59. The molecule has 0 radical (unpaired) electrons. The Kier molecular flexibility index (Phi) is 3.30. The van der Waals surface area contributed by atoms with Crippen LogP contribution in [0.25, 0.3) is 10.9 Å². The van der Waals surface area contributed by atoms with Gasteiger partial charge in [0, 0.05) is 17.6 Å². The van der Waals surface area contributed by atoms with Crippen molar-refractivity contribution in [1.82, 2.24) is 9.88 Å². The number of pyridine rings is 1. The average molecular weight is 282 g/mol. The van der Waals surface area contributed by atoms with Crippen LogP contribution < -0.4 is 4.74 Å². The lowest BCUT2D eigenvalue weighted by atomic mass is 9.81. The Morgan fingerprint density at radius 3 is 2.81 bits per heavy atom. The van der Waals surface area contributed by atoms with E-state index in [9.17, 15) is 0 Å². The quantitative estimate of drug-likeness (QED) is 0.864. The van der Waals surface area contributed by atoms with Gasteiger partial charge in [-0.15, -0.1) is 0 Å². The third-order valence-electron chi connectivity index (χ3n) is 5.27. The van der Waals surface area contributed by atoms with E-state index in [0.29, 0.717) is 6.04 Å². The summed E-state index contributed by atoms with van der Waals surface area (Å²) in [5, 5.41) is 1.25. The van der Waals surface area contributed by atoms with Crippen molar-refractivity contribution >= 4 is 10.9 Å². The van der Waals surface area contributed by atoms with Crippen molar-refractivity contribution in [2.24, 2.45) is 5.92 Å². The third-order valence-corrected chi connectivity index (χ3v) is 5.27. The fraction of sp³-hybridized carbons (Fsp3) is 0.500. The van der Waals surface area contributed by atoms with E-state index >= 15 is 0 Å². The summed E-state index contributed by atoms with van der Waals surface area (Å²) in [4.78, 5) is 7.18. The molecule has 3 heteroatoms. The van der Waals surface area contributed by atoms with Gasteiger partial charge in [-0.05, 0) is 74.5 Å². The number of hydrogen-bond donors (Lipinski definition) is 0. The third kappa shape index (κ3) is 2.40. The van der Waals surface area contributed by atoms with Crippen LogP contribution in [-0.2, 0) is 6.42 Å². The SMILES string of the molecule is COc1ccc2nccc(C[C@@H]3CC4CCN3CC4)c2c1. The van der Waals surface area contributed by atoms with Gasteiger partial charge in [0.1, 0.15) is 5.75 Å². The van der Waals surface area contributed by atoms with E-state index < -0.39 is 0 Å². The molecule has 3 saturated heterocycles. The van der Waals surface area contributed by atoms with E-state index in [-0.39, 0.29) is 0 Å². The lowest BCUT2D eigenvalue weighted by Gasteiger charge is -2.45. The molecule has 1 atom stereocenters. The first-order chi connectivity index (χ1) is 10.3. The molecule has 2 aromatic rings. The van der Waals surface area contributed by atoms with Gasteiger partial charge in [0.25, 0.3) is 0 Å². The Labute approximate surface area is 125 Å². The Bertz CT molecular complexity index is 647. The molecule has 0 amide bonds. The zero-order chi connectivity index (χ0) is 14.2. The number of hydrogen-bond acceptors (Lipinski definition) is 3. The van der Waals surface area contributed by atoms with E-state index in [2.05, 4.69) is 28.1 Å². The van der Waals surface area contributed by atoms with Crippen molar-refractivity contribution in [1.29, 1.82) is 0 Å². The first-order valence-electron chi connectivity index (χ1n) is 7.99. The summed E-state index contributed by atoms with van der Waals surface area (Å²) in [5.74, 6) is 1.88. The van der Waals surface area contributed by atoms with Crippen LogP contribution in [0.4, 0.5) is 0 Å². The number of methoxy groups -OCH3 is 1. The summed E-state index contributed by atoms with van der Waals surface area (Å²) in [6.07, 6.45) is 7.26. The van der Waals surface area contributed by atoms with Gasteiger partial charge in [-0.25, -0.2) is 0 Å².